The Morgan fingerprint density at radius 2 is 1.90 bits per heavy atom. The van der Waals surface area contributed by atoms with Gasteiger partial charge in [0.15, 0.2) is 0 Å². The maximum absolute atomic E-state index is 5.45. The van der Waals surface area contributed by atoms with Crippen LogP contribution in [-0.4, -0.2) is 35.6 Å². The summed E-state index contributed by atoms with van der Waals surface area (Å²) in [4.78, 5) is 11.7. The molecule has 1 aliphatic heterocycles. The zero-order valence-corrected chi connectivity index (χ0v) is 17.1. The number of nitrogens with one attached hydrogen (secondary N) is 1. The number of hydrogen-bond donors (Lipinski definition) is 1. The van der Waals surface area contributed by atoms with Gasteiger partial charge in [0.1, 0.15) is 11.5 Å². The van der Waals surface area contributed by atoms with Crippen molar-refractivity contribution in [3.63, 3.8) is 0 Å². The normalized spacial score (nSPS) is 13.6. The lowest BCUT2D eigenvalue weighted by atomic mass is 10.1. The fourth-order valence-electron chi connectivity index (χ4n) is 3.54. The lowest BCUT2D eigenvalue weighted by molar-refractivity contribution is 0.243. The lowest BCUT2D eigenvalue weighted by Gasteiger charge is -2.28. The highest BCUT2D eigenvalue weighted by Crippen LogP contribution is 2.31. The number of aryl methyl sites for hydroxylation is 1. The molecule has 0 spiro atoms. The smallest absolute Gasteiger partial charge is 0.227 e. The molecule has 0 saturated carbocycles. The van der Waals surface area contributed by atoms with Crippen LogP contribution in [0.15, 0.2) is 48.7 Å². The van der Waals surface area contributed by atoms with Gasteiger partial charge in [-0.15, -0.1) is 0 Å². The Bertz CT molecular complexity index is 989. The Balaban J connectivity index is 1.46. The molecule has 0 unspecified atom stereocenters. The molecule has 0 aliphatic carbocycles. The summed E-state index contributed by atoms with van der Waals surface area (Å²) in [6, 6.07) is 14.4. The topological polar surface area (TPSA) is 59.5 Å². The summed E-state index contributed by atoms with van der Waals surface area (Å²) in [5.74, 6) is 2.02. The van der Waals surface area contributed by atoms with Crippen molar-refractivity contribution in [1.29, 1.82) is 0 Å². The van der Waals surface area contributed by atoms with E-state index in [4.69, 9.17) is 14.5 Å². The number of hydrogen-bond acceptors (Lipinski definition) is 6. The van der Waals surface area contributed by atoms with Crippen molar-refractivity contribution in [1.82, 2.24) is 14.9 Å². The molecule has 6 nitrogen and oxygen atoms in total. The second kappa shape index (κ2) is 8.49. The van der Waals surface area contributed by atoms with E-state index in [2.05, 4.69) is 46.4 Å². The molecule has 1 N–H and O–H groups in total. The van der Waals surface area contributed by atoms with Gasteiger partial charge in [0, 0.05) is 43.9 Å². The molecule has 1 aliphatic rings. The van der Waals surface area contributed by atoms with Gasteiger partial charge in [0.2, 0.25) is 5.95 Å². The van der Waals surface area contributed by atoms with E-state index >= 15 is 0 Å². The van der Waals surface area contributed by atoms with Crippen LogP contribution in [0.5, 0.6) is 11.5 Å². The van der Waals surface area contributed by atoms with Crippen LogP contribution in [0.4, 0.5) is 11.6 Å². The summed E-state index contributed by atoms with van der Waals surface area (Å²) in [7, 11) is 3.27. The van der Waals surface area contributed by atoms with Crippen LogP contribution >= 0.6 is 0 Å². The summed E-state index contributed by atoms with van der Waals surface area (Å²) in [5, 5.41) is 3.26. The molecule has 1 aromatic heterocycles. The summed E-state index contributed by atoms with van der Waals surface area (Å²) in [5.41, 5.74) is 5.74. The average molecular weight is 390 g/mol. The Hall–Kier alpha value is -3.12. The fraction of sp³-hybridized carbons (Fsp3) is 0.304. The summed E-state index contributed by atoms with van der Waals surface area (Å²) in [6.45, 7) is 4.92. The van der Waals surface area contributed by atoms with Crippen LogP contribution in [0.2, 0.25) is 0 Å². The van der Waals surface area contributed by atoms with E-state index in [1.807, 2.05) is 24.4 Å². The number of nitrogens with zero attached hydrogens (tertiary/aromatic N) is 3. The number of anilines is 2. The van der Waals surface area contributed by atoms with Crippen molar-refractivity contribution < 1.29 is 9.47 Å². The highest BCUT2D eigenvalue weighted by molar-refractivity contribution is 5.64. The van der Waals surface area contributed by atoms with Crippen molar-refractivity contribution in [3.8, 4) is 11.5 Å². The maximum atomic E-state index is 5.45. The predicted molar refractivity (Wildman–Crippen MR) is 114 cm³/mol. The van der Waals surface area contributed by atoms with Crippen molar-refractivity contribution >= 4 is 11.6 Å². The third kappa shape index (κ3) is 4.49. The van der Waals surface area contributed by atoms with Gasteiger partial charge in [-0.1, -0.05) is 29.8 Å². The Morgan fingerprint density at radius 1 is 1.07 bits per heavy atom. The molecule has 2 aromatic carbocycles. The number of benzene rings is 2. The Labute approximate surface area is 171 Å². The van der Waals surface area contributed by atoms with E-state index in [1.54, 1.807) is 14.2 Å². The number of rotatable bonds is 6. The maximum Gasteiger partial charge on any atom is 0.227 e. The van der Waals surface area contributed by atoms with Crippen molar-refractivity contribution in [2.24, 2.45) is 0 Å². The zero-order valence-electron chi connectivity index (χ0n) is 17.1. The minimum absolute atomic E-state index is 0.583. The SMILES string of the molecule is COc1ccc(Nc2ncc3c(n2)CCN(Cc2ccc(C)cc2)C3)c(OC)c1. The standard InChI is InChI=1S/C23H26N4O2/c1-16-4-6-17(7-5-16)14-27-11-10-20-18(15-27)13-24-23(25-20)26-21-9-8-19(28-2)12-22(21)29-3/h4-9,12-13H,10-11,14-15H2,1-3H3,(H,24,25,26). The van der Waals surface area contributed by atoms with Gasteiger partial charge in [0.05, 0.1) is 25.6 Å². The molecule has 29 heavy (non-hydrogen) atoms. The van der Waals surface area contributed by atoms with Gasteiger partial charge in [-0.25, -0.2) is 9.97 Å². The highest BCUT2D eigenvalue weighted by atomic mass is 16.5. The minimum atomic E-state index is 0.583. The summed E-state index contributed by atoms with van der Waals surface area (Å²) < 4.78 is 10.7. The largest absolute Gasteiger partial charge is 0.497 e. The van der Waals surface area contributed by atoms with Crippen LogP contribution in [-0.2, 0) is 19.5 Å². The monoisotopic (exact) mass is 390 g/mol. The molecule has 3 aromatic rings. The Morgan fingerprint density at radius 3 is 2.66 bits per heavy atom. The molecular weight excluding hydrogens is 364 g/mol. The zero-order chi connectivity index (χ0) is 20.2. The predicted octanol–water partition coefficient (Wildman–Crippen LogP) is 4.10. The molecule has 0 fully saturated rings. The van der Waals surface area contributed by atoms with E-state index in [0.717, 1.165) is 43.2 Å². The fourth-order valence-corrected chi connectivity index (χ4v) is 3.54. The number of fused-ring (bicyclic) bond motifs is 1. The molecule has 4 rings (SSSR count). The first kappa shape index (κ1) is 19.2. The van der Waals surface area contributed by atoms with Gasteiger partial charge >= 0.3 is 0 Å². The van der Waals surface area contributed by atoms with E-state index in [1.165, 1.54) is 16.7 Å². The van der Waals surface area contributed by atoms with Gasteiger partial charge in [-0.05, 0) is 24.6 Å². The third-order valence-corrected chi connectivity index (χ3v) is 5.19. The molecule has 2 heterocycles. The van der Waals surface area contributed by atoms with E-state index < -0.39 is 0 Å². The molecule has 0 amide bonds. The van der Waals surface area contributed by atoms with Gasteiger partial charge in [-0.3, -0.25) is 4.90 Å². The summed E-state index contributed by atoms with van der Waals surface area (Å²) in [6.07, 6.45) is 2.85. The highest BCUT2D eigenvalue weighted by Gasteiger charge is 2.19. The molecule has 0 atom stereocenters. The molecule has 150 valence electrons. The first-order valence-corrected chi connectivity index (χ1v) is 9.76. The first-order chi connectivity index (χ1) is 14.1. The molecule has 0 radical (unpaired) electrons. The molecule has 0 bridgehead atoms. The van der Waals surface area contributed by atoms with Crippen molar-refractivity contribution in [2.45, 2.75) is 26.4 Å². The van der Waals surface area contributed by atoms with Crippen LogP contribution in [0.1, 0.15) is 22.4 Å². The number of ether oxygens (including phenoxy) is 2. The van der Waals surface area contributed by atoms with Crippen LogP contribution in [0, 0.1) is 6.92 Å². The van der Waals surface area contributed by atoms with Gasteiger partial charge < -0.3 is 14.8 Å². The molecular formula is C23H26N4O2. The quantitative estimate of drug-likeness (QED) is 0.684. The van der Waals surface area contributed by atoms with Crippen LogP contribution in [0.3, 0.4) is 0 Å². The third-order valence-electron chi connectivity index (χ3n) is 5.19. The second-order valence-corrected chi connectivity index (χ2v) is 7.30. The number of methoxy groups -OCH3 is 2. The first-order valence-electron chi connectivity index (χ1n) is 9.76. The van der Waals surface area contributed by atoms with Crippen LogP contribution in [0.25, 0.3) is 0 Å². The van der Waals surface area contributed by atoms with Gasteiger partial charge in [0.25, 0.3) is 0 Å². The van der Waals surface area contributed by atoms with Crippen molar-refractivity contribution in [3.05, 3.63) is 71.0 Å². The number of aromatic nitrogens is 2. The minimum Gasteiger partial charge on any atom is -0.497 e. The van der Waals surface area contributed by atoms with Crippen molar-refractivity contribution in [2.75, 3.05) is 26.1 Å². The van der Waals surface area contributed by atoms with E-state index in [9.17, 15) is 0 Å². The second-order valence-electron chi connectivity index (χ2n) is 7.30. The van der Waals surface area contributed by atoms with Crippen LogP contribution < -0.4 is 14.8 Å². The molecule has 6 heteroatoms. The lowest BCUT2D eigenvalue weighted by Crippen LogP contribution is -2.31. The van der Waals surface area contributed by atoms with E-state index in [-0.39, 0.29) is 0 Å². The van der Waals surface area contributed by atoms with Gasteiger partial charge in [-0.2, -0.15) is 0 Å². The molecule has 0 saturated heterocycles. The average Bonchev–Trinajstić information content (AvgIpc) is 2.75. The Kier molecular flexibility index (Phi) is 5.62. The van der Waals surface area contributed by atoms with E-state index in [0.29, 0.717) is 11.7 Å². The summed E-state index contributed by atoms with van der Waals surface area (Å²) >= 11 is 0.